The molecule has 98 valence electrons. The van der Waals surface area contributed by atoms with Crippen LogP contribution in [0.4, 0.5) is 0 Å². The van der Waals surface area contributed by atoms with Crippen molar-refractivity contribution in [1.29, 1.82) is 0 Å². The normalized spacial score (nSPS) is 11.6. The number of hydrogen-bond donors (Lipinski definition) is 2. The highest BCUT2D eigenvalue weighted by molar-refractivity contribution is 5.77. The van der Waals surface area contributed by atoms with Gasteiger partial charge in [-0.3, -0.25) is 14.6 Å². The van der Waals surface area contributed by atoms with Crippen LogP contribution in [0.15, 0.2) is 24.5 Å². The number of carboxylic acid groups (broad SMARTS) is 1. The van der Waals surface area contributed by atoms with Crippen LogP contribution in [0.1, 0.15) is 13.3 Å². The molecule has 0 aliphatic heterocycles. The SMILES string of the molecule is CC(CNC(=O)CCOc1cccnc1)C(=O)O. The van der Waals surface area contributed by atoms with Gasteiger partial charge in [0, 0.05) is 12.7 Å². The van der Waals surface area contributed by atoms with Crippen LogP contribution in [0.3, 0.4) is 0 Å². The van der Waals surface area contributed by atoms with Gasteiger partial charge in [0.2, 0.25) is 5.91 Å². The summed E-state index contributed by atoms with van der Waals surface area (Å²) >= 11 is 0. The lowest BCUT2D eigenvalue weighted by Crippen LogP contribution is -2.32. The fraction of sp³-hybridized carbons (Fsp3) is 0.417. The molecule has 18 heavy (non-hydrogen) atoms. The second kappa shape index (κ2) is 7.26. The third kappa shape index (κ3) is 5.29. The van der Waals surface area contributed by atoms with Gasteiger partial charge in [-0.15, -0.1) is 0 Å². The van der Waals surface area contributed by atoms with Crippen molar-refractivity contribution in [2.45, 2.75) is 13.3 Å². The van der Waals surface area contributed by atoms with Crippen LogP contribution in [0.5, 0.6) is 5.75 Å². The van der Waals surface area contributed by atoms with Gasteiger partial charge >= 0.3 is 5.97 Å². The summed E-state index contributed by atoms with van der Waals surface area (Å²) in [5, 5.41) is 11.2. The largest absolute Gasteiger partial charge is 0.491 e. The zero-order valence-electron chi connectivity index (χ0n) is 10.1. The van der Waals surface area contributed by atoms with E-state index in [-0.39, 0.29) is 25.5 Å². The van der Waals surface area contributed by atoms with E-state index in [0.717, 1.165) is 0 Å². The van der Waals surface area contributed by atoms with Crippen LogP contribution in [0, 0.1) is 5.92 Å². The summed E-state index contributed by atoms with van der Waals surface area (Å²) in [4.78, 5) is 25.8. The predicted molar refractivity (Wildman–Crippen MR) is 64.2 cm³/mol. The molecule has 1 heterocycles. The number of nitrogens with one attached hydrogen (secondary N) is 1. The van der Waals surface area contributed by atoms with Gasteiger partial charge in [0.15, 0.2) is 0 Å². The highest BCUT2D eigenvalue weighted by Crippen LogP contribution is 2.06. The molecule has 0 saturated carbocycles. The Morgan fingerprint density at radius 2 is 2.33 bits per heavy atom. The number of aliphatic carboxylic acids is 1. The molecule has 0 aliphatic carbocycles. The Kier molecular flexibility index (Phi) is 5.63. The third-order valence-electron chi connectivity index (χ3n) is 2.26. The van der Waals surface area contributed by atoms with Crippen LogP contribution < -0.4 is 10.1 Å². The molecule has 0 saturated heterocycles. The van der Waals surface area contributed by atoms with Crippen LogP contribution in [0.25, 0.3) is 0 Å². The van der Waals surface area contributed by atoms with Crippen molar-refractivity contribution in [3.05, 3.63) is 24.5 Å². The van der Waals surface area contributed by atoms with Gasteiger partial charge in [-0.2, -0.15) is 0 Å². The molecule has 0 fully saturated rings. The number of ether oxygens (including phenoxy) is 1. The first-order valence-electron chi connectivity index (χ1n) is 5.62. The van der Waals surface area contributed by atoms with E-state index in [1.54, 1.807) is 24.5 Å². The van der Waals surface area contributed by atoms with Crippen molar-refractivity contribution in [3.63, 3.8) is 0 Å². The number of amides is 1. The van der Waals surface area contributed by atoms with Crippen molar-refractivity contribution in [2.24, 2.45) is 5.92 Å². The number of carbonyl (C=O) groups excluding carboxylic acids is 1. The minimum absolute atomic E-state index is 0.126. The van der Waals surface area contributed by atoms with Gasteiger partial charge in [0.05, 0.1) is 25.1 Å². The van der Waals surface area contributed by atoms with Crippen LogP contribution in [0.2, 0.25) is 0 Å². The lowest BCUT2D eigenvalue weighted by molar-refractivity contribution is -0.141. The molecule has 0 radical (unpaired) electrons. The fourth-order valence-corrected chi connectivity index (χ4v) is 1.14. The molecule has 0 aromatic carbocycles. The van der Waals surface area contributed by atoms with Crippen LogP contribution in [-0.4, -0.2) is 35.1 Å². The Bertz CT molecular complexity index is 394. The number of nitrogens with zero attached hydrogens (tertiary/aromatic N) is 1. The van der Waals surface area contributed by atoms with Crippen molar-refractivity contribution >= 4 is 11.9 Å². The van der Waals surface area contributed by atoms with Crippen molar-refractivity contribution in [3.8, 4) is 5.75 Å². The molecule has 1 rings (SSSR count). The summed E-state index contributed by atoms with van der Waals surface area (Å²) in [6.07, 6.45) is 3.37. The molecule has 1 amide bonds. The van der Waals surface area contributed by atoms with Gasteiger partial charge in [-0.1, -0.05) is 6.92 Å². The Morgan fingerprint density at radius 1 is 1.56 bits per heavy atom. The zero-order chi connectivity index (χ0) is 13.4. The Morgan fingerprint density at radius 3 is 2.94 bits per heavy atom. The minimum Gasteiger partial charge on any atom is -0.491 e. The average molecular weight is 252 g/mol. The molecule has 1 aromatic heterocycles. The lowest BCUT2D eigenvalue weighted by Gasteiger charge is -2.09. The van der Waals surface area contributed by atoms with E-state index in [1.807, 2.05) is 0 Å². The van der Waals surface area contributed by atoms with E-state index in [1.165, 1.54) is 6.92 Å². The second-order valence-corrected chi connectivity index (χ2v) is 3.83. The third-order valence-corrected chi connectivity index (χ3v) is 2.26. The maximum atomic E-state index is 11.4. The van der Waals surface area contributed by atoms with E-state index in [9.17, 15) is 9.59 Å². The van der Waals surface area contributed by atoms with Gasteiger partial charge in [0.25, 0.3) is 0 Å². The maximum absolute atomic E-state index is 11.4. The van der Waals surface area contributed by atoms with E-state index in [4.69, 9.17) is 9.84 Å². The molecule has 1 unspecified atom stereocenters. The lowest BCUT2D eigenvalue weighted by atomic mass is 10.2. The Hall–Kier alpha value is -2.11. The number of rotatable bonds is 7. The highest BCUT2D eigenvalue weighted by atomic mass is 16.5. The van der Waals surface area contributed by atoms with Crippen LogP contribution >= 0.6 is 0 Å². The number of pyridine rings is 1. The van der Waals surface area contributed by atoms with Gasteiger partial charge in [0.1, 0.15) is 5.75 Å². The van der Waals surface area contributed by atoms with Gasteiger partial charge < -0.3 is 15.2 Å². The fourth-order valence-electron chi connectivity index (χ4n) is 1.14. The molecule has 6 heteroatoms. The molecule has 1 atom stereocenters. The first-order chi connectivity index (χ1) is 8.59. The average Bonchev–Trinajstić information content (AvgIpc) is 2.37. The number of carbonyl (C=O) groups is 2. The first kappa shape index (κ1) is 14.0. The van der Waals surface area contributed by atoms with E-state index >= 15 is 0 Å². The van der Waals surface area contributed by atoms with Crippen molar-refractivity contribution < 1.29 is 19.4 Å². The number of hydrogen-bond acceptors (Lipinski definition) is 4. The molecular formula is C12H16N2O4. The molecule has 0 spiro atoms. The summed E-state index contributed by atoms with van der Waals surface area (Å²) in [6.45, 7) is 1.90. The summed E-state index contributed by atoms with van der Waals surface area (Å²) in [7, 11) is 0. The summed E-state index contributed by atoms with van der Waals surface area (Å²) < 4.78 is 5.29. The van der Waals surface area contributed by atoms with E-state index < -0.39 is 11.9 Å². The topological polar surface area (TPSA) is 88.5 Å². The van der Waals surface area contributed by atoms with E-state index in [0.29, 0.717) is 5.75 Å². The maximum Gasteiger partial charge on any atom is 0.308 e. The first-order valence-corrected chi connectivity index (χ1v) is 5.62. The summed E-state index contributed by atoms with van der Waals surface area (Å²) in [6, 6.07) is 3.49. The molecule has 1 aromatic rings. The zero-order valence-corrected chi connectivity index (χ0v) is 10.1. The molecule has 6 nitrogen and oxygen atoms in total. The Labute approximate surface area is 105 Å². The molecular weight excluding hydrogens is 236 g/mol. The Balaban J connectivity index is 2.16. The summed E-state index contributed by atoms with van der Waals surface area (Å²) in [5.74, 6) is -1.15. The van der Waals surface area contributed by atoms with Gasteiger partial charge in [-0.25, -0.2) is 0 Å². The second-order valence-electron chi connectivity index (χ2n) is 3.83. The standard InChI is InChI=1S/C12H16N2O4/c1-9(12(16)17)7-14-11(15)4-6-18-10-3-2-5-13-8-10/h2-3,5,8-9H,4,6-7H2,1H3,(H,14,15)(H,16,17). The molecule has 0 aliphatic rings. The smallest absolute Gasteiger partial charge is 0.308 e. The van der Waals surface area contributed by atoms with Crippen molar-refractivity contribution in [1.82, 2.24) is 10.3 Å². The predicted octanol–water partition coefficient (Wildman–Crippen LogP) is 0.687. The minimum atomic E-state index is -0.929. The highest BCUT2D eigenvalue weighted by Gasteiger charge is 2.11. The van der Waals surface area contributed by atoms with Gasteiger partial charge in [-0.05, 0) is 12.1 Å². The number of aromatic nitrogens is 1. The number of carboxylic acids is 1. The quantitative estimate of drug-likeness (QED) is 0.745. The van der Waals surface area contributed by atoms with Crippen molar-refractivity contribution in [2.75, 3.05) is 13.2 Å². The molecule has 0 bridgehead atoms. The summed E-state index contributed by atoms with van der Waals surface area (Å²) in [5.41, 5.74) is 0. The van der Waals surface area contributed by atoms with Crippen LogP contribution in [-0.2, 0) is 9.59 Å². The monoisotopic (exact) mass is 252 g/mol. The van der Waals surface area contributed by atoms with E-state index in [2.05, 4.69) is 10.3 Å². The molecule has 2 N–H and O–H groups in total.